The SMILES string of the molecule is COc1c(C(C)(C)C)cc(C(=O)N(C)c2ccccc2)cc1C(C)(C)C. The van der Waals surface area contributed by atoms with Crippen molar-refractivity contribution in [2.75, 3.05) is 19.1 Å². The Bertz CT molecular complexity index is 745. The zero-order valence-corrected chi connectivity index (χ0v) is 17.3. The molecule has 0 aliphatic heterocycles. The summed E-state index contributed by atoms with van der Waals surface area (Å²) in [4.78, 5) is 14.9. The maximum atomic E-state index is 13.2. The summed E-state index contributed by atoms with van der Waals surface area (Å²) in [6.45, 7) is 12.9. The Hall–Kier alpha value is -2.29. The predicted octanol–water partition coefficient (Wildman–Crippen LogP) is 5.57. The van der Waals surface area contributed by atoms with E-state index in [1.165, 1.54) is 0 Å². The minimum atomic E-state index is -0.132. The summed E-state index contributed by atoms with van der Waals surface area (Å²) >= 11 is 0. The van der Waals surface area contributed by atoms with Gasteiger partial charge in [-0.15, -0.1) is 0 Å². The number of ether oxygens (including phenoxy) is 1. The number of rotatable bonds is 3. The van der Waals surface area contributed by atoms with Gasteiger partial charge in [-0.3, -0.25) is 4.79 Å². The van der Waals surface area contributed by atoms with Crippen LogP contribution in [0.2, 0.25) is 0 Å². The summed E-state index contributed by atoms with van der Waals surface area (Å²) in [6.07, 6.45) is 0. The van der Waals surface area contributed by atoms with Crippen molar-refractivity contribution in [2.45, 2.75) is 52.4 Å². The fourth-order valence-corrected chi connectivity index (χ4v) is 3.05. The van der Waals surface area contributed by atoms with Crippen LogP contribution in [-0.2, 0) is 10.8 Å². The van der Waals surface area contributed by atoms with Crippen molar-refractivity contribution in [3.63, 3.8) is 0 Å². The van der Waals surface area contributed by atoms with Gasteiger partial charge in [0.2, 0.25) is 0 Å². The monoisotopic (exact) mass is 353 g/mol. The number of methoxy groups -OCH3 is 1. The highest BCUT2D eigenvalue weighted by atomic mass is 16.5. The van der Waals surface area contributed by atoms with Crippen LogP contribution in [0.15, 0.2) is 42.5 Å². The van der Waals surface area contributed by atoms with Crippen molar-refractivity contribution >= 4 is 11.6 Å². The number of carbonyl (C=O) groups excluding carboxylic acids is 1. The van der Waals surface area contributed by atoms with Gasteiger partial charge in [-0.25, -0.2) is 0 Å². The minimum absolute atomic E-state index is 0.0187. The molecular formula is C23H31NO2. The first-order valence-electron chi connectivity index (χ1n) is 9.03. The van der Waals surface area contributed by atoms with Gasteiger partial charge in [0.15, 0.2) is 0 Å². The first-order chi connectivity index (χ1) is 12.0. The molecule has 0 aliphatic carbocycles. The number of anilines is 1. The Morgan fingerprint density at radius 1 is 0.885 bits per heavy atom. The molecule has 0 fully saturated rings. The smallest absolute Gasteiger partial charge is 0.258 e. The molecule has 0 N–H and O–H groups in total. The van der Waals surface area contributed by atoms with E-state index < -0.39 is 0 Å². The lowest BCUT2D eigenvalue weighted by Crippen LogP contribution is -2.28. The summed E-state index contributed by atoms with van der Waals surface area (Å²) in [5.74, 6) is 0.860. The van der Waals surface area contributed by atoms with Crippen LogP contribution in [0.3, 0.4) is 0 Å². The van der Waals surface area contributed by atoms with E-state index in [0.717, 1.165) is 22.6 Å². The topological polar surface area (TPSA) is 29.5 Å². The van der Waals surface area contributed by atoms with E-state index in [9.17, 15) is 4.79 Å². The Balaban J connectivity index is 2.64. The molecule has 0 spiro atoms. The van der Waals surface area contributed by atoms with Gasteiger partial charge in [0, 0.05) is 29.4 Å². The van der Waals surface area contributed by atoms with Crippen LogP contribution in [0.25, 0.3) is 0 Å². The number of para-hydroxylation sites is 1. The van der Waals surface area contributed by atoms with Crippen molar-refractivity contribution in [2.24, 2.45) is 0 Å². The van der Waals surface area contributed by atoms with Crippen LogP contribution in [0.4, 0.5) is 5.69 Å². The average Bonchev–Trinajstić information content (AvgIpc) is 2.58. The molecular weight excluding hydrogens is 322 g/mol. The predicted molar refractivity (Wildman–Crippen MR) is 110 cm³/mol. The molecule has 2 aromatic carbocycles. The second-order valence-electron chi connectivity index (χ2n) is 8.80. The molecule has 0 radical (unpaired) electrons. The highest BCUT2D eigenvalue weighted by molar-refractivity contribution is 6.06. The van der Waals surface area contributed by atoms with E-state index in [1.54, 1.807) is 12.0 Å². The lowest BCUT2D eigenvalue weighted by Gasteiger charge is -2.30. The van der Waals surface area contributed by atoms with Crippen LogP contribution in [-0.4, -0.2) is 20.1 Å². The summed E-state index contributed by atoms with van der Waals surface area (Å²) in [5, 5.41) is 0. The first-order valence-corrected chi connectivity index (χ1v) is 9.03. The van der Waals surface area contributed by atoms with Gasteiger partial charge in [0.1, 0.15) is 5.75 Å². The van der Waals surface area contributed by atoms with Gasteiger partial charge < -0.3 is 9.64 Å². The zero-order chi connectivity index (χ0) is 19.7. The summed E-state index contributed by atoms with van der Waals surface area (Å²) in [5.41, 5.74) is 3.41. The molecule has 0 aliphatic rings. The van der Waals surface area contributed by atoms with E-state index >= 15 is 0 Å². The Kier molecular flexibility index (Phi) is 5.50. The molecule has 3 heteroatoms. The summed E-state index contributed by atoms with van der Waals surface area (Å²) < 4.78 is 5.78. The number of nitrogens with zero attached hydrogens (tertiary/aromatic N) is 1. The van der Waals surface area contributed by atoms with Gasteiger partial charge in [-0.2, -0.15) is 0 Å². The van der Waals surface area contributed by atoms with Gasteiger partial charge in [-0.1, -0.05) is 59.7 Å². The molecule has 0 aromatic heterocycles. The number of hydrogen-bond acceptors (Lipinski definition) is 2. The molecule has 0 bridgehead atoms. The molecule has 2 rings (SSSR count). The second kappa shape index (κ2) is 7.14. The molecule has 0 saturated heterocycles. The highest BCUT2D eigenvalue weighted by Crippen LogP contribution is 2.40. The van der Waals surface area contributed by atoms with Crippen molar-refractivity contribution in [3.8, 4) is 5.75 Å². The van der Waals surface area contributed by atoms with Crippen LogP contribution in [0, 0.1) is 0 Å². The first kappa shape index (κ1) is 20.0. The highest BCUT2D eigenvalue weighted by Gasteiger charge is 2.29. The lowest BCUT2D eigenvalue weighted by atomic mass is 9.78. The zero-order valence-electron chi connectivity index (χ0n) is 17.3. The number of benzene rings is 2. The normalized spacial score (nSPS) is 12.0. The van der Waals surface area contributed by atoms with E-state index in [2.05, 4.69) is 41.5 Å². The fourth-order valence-electron chi connectivity index (χ4n) is 3.05. The fraction of sp³-hybridized carbons (Fsp3) is 0.435. The van der Waals surface area contributed by atoms with E-state index in [1.807, 2.05) is 49.5 Å². The Morgan fingerprint density at radius 3 is 1.73 bits per heavy atom. The average molecular weight is 354 g/mol. The molecule has 140 valence electrons. The number of hydrogen-bond donors (Lipinski definition) is 0. The molecule has 0 unspecified atom stereocenters. The summed E-state index contributed by atoms with van der Waals surface area (Å²) in [7, 11) is 3.52. The molecule has 0 heterocycles. The van der Waals surface area contributed by atoms with Gasteiger partial charge in [-0.05, 0) is 35.1 Å². The van der Waals surface area contributed by atoms with Crippen LogP contribution in [0.5, 0.6) is 5.75 Å². The van der Waals surface area contributed by atoms with Gasteiger partial charge >= 0.3 is 0 Å². The van der Waals surface area contributed by atoms with Gasteiger partial charge in [0.25, 0.3) is 5.91 Å². The van der Waals surface area contributed by atoms with Crippen LogP contribution >= 0.6 is 0 Å². The Morgan fingerprint density at radius 2 is 1.35 bits per heavy atom. The molecule has 2 aromatic rings. The molecule has 26 heavy (non-hydrogen) atoms. The second-order valence-corrected chi connectivity index (χ2v) is 8.80. The maximum Gasteiger partial charge on any atom is 0.258 e. The van der Waals surface area contributed by atoms with Crippen molar-refractivity contribution in [1.29, 1.82) is 0 Å². The number of carbonyl (C=O) groups is 1. The third-order valence-corrected chi connectivity index (χ3v) is 4.60. The van der Waals surface area contributed by atoms with E-state index in [4.69, 9.17) is 4.74 Å². The van der Waals surface area contributed by atoms with Crippen LogP contribution < -0.4 is 9.64 Å². The minimum Gasteiger partial charge on any atom is -0.496 e. The molecule has 0 atom stereocenters. The lowest BCUT2D eigenvalue weighted by molar-refractivity contribution is 0.0992. The third kappa shape index (κ3) is 4.09. The van der Waals surface area contributed by atoms with Crippen LogP contribution in [0.1, 0.15) is 63.0 Å². The Labute approximate surface area is 158 Å². The van der Waals surface area contributed by atoms with Crippen molar-refractivity contribution in [1.82, 2.24) is 0 Å². The summed E-state index contributed by atoms with van der Waals surface area (Å²) in [6, 6.07) is 13.7. The van der Waals surface area contributed by atoms with Crippen molar-refractivity contribution < 1.29 is 9.53 Å². The molecule has 3 nitrogen and oxygen atoms in total. The number of amides is 1. The standard InChI is InChI=1S/C23H31NO2/c1-22(2,3)18-14-16(15-19(20(18)26-8)23(4,5)6)21(25)24(7)17-12-10-9-11-13-17/h9-15H,1-8H3. The molecule has 1 amide bonds. The third-order valence-electron chi connectivity index (χ3n) is 4.60. The van der Waals surface area contributed by atoms with E-state index in [0.29, 0.717) is 5.56 Å². The van der Waals surface area contributed by atoms with E-state index in [-0.39, 0.29) is 16.7 Å². The molecule has 0 saturated carbocycles. The maximum absolute atomic E-state index is 13.2. The van der Waals surface area contributed by atoms with Gasteiger partial charge in [0.05, 0.1) is 7.11 Å². The quantitative estimate of drug-likeness (QED) is 0.722. The van der Waals surface area contributed by atoms with Crippen molar-refractivity contribution in [3.05, 3.63) is 59.2 Å². The largest absolute Gasteiger partial charge is 0.496 e.